The second kappa shape index (κ2) is 5.72. The van der Waals surface area contributed by atoms with E-state index in [2.05, 4.69) is 10.1 Å². The van der Waals surface area contributed by atoms with Crippen LogP contribution in [-0.2, 0) is 4.74 Å². The van der Waals surface area contributed by atoms with Crippen molar-refractivity contribution in [1.82, 2.24) is 10.1 Å². The van der Waals surface area contributed by atoms with Crippen LogP contribution in [0.4, 0.5) is 4.39 Å². The number of rotatable bonds is 4. The van der Waals surface area contributed by atoms with Gasteiger partial charge in [-0.3, -0.25) is 0 Å². The molecule has 5 nitrogen and oxygen atoms in total. The van der Waals surface area contributed by atoms with Crippen LogP contribution < -0.4 is 5.73 Å². The molecule has 2 N–H and O–H groups in total. The van der Waals surface area contributed by atoms with E-state index in [9.17, 15) is 4.39 Å². The van der Waals surface area contributed by atoms with Crippen LogP contribution in [0.3, 0.4) is 0 Å². The highest BCUT2D eigenvalue weighted by Crippen LogP contribution is 2.25. The molecule has 0 aliphatic heterocycles. The minimum absolute atomic E-state index is 0.305. The summed E-state index contributed by atoms with van der Waals surface area (Å²) < 4.78 is 23.7. The molecule has 0 fully saturated rings. The Morgan fingerprint density at radius 3 is 3.00 bits per heavy atom. The quantitative estimate of drug-likeness (QED) is 0.843. The van der Waals surface area contributed by atoms with Crippen molar-refractivity contribution >= 4 is 22.6 Å². The number of methoxy groups -OCH3 is 1. The molecule has 18 heavy (non-hydrogen) atoms. The number of aromatic nitrogens is 2. The zero-order valence-electron chi connectivity index (χ0n) is 9.56. The molecule has 0 saturated carbocycles. The lowest BCUT2D eigenvalue weighted by Crippen LogP contribution is -2.17. The van der Waals surface area contributed by atoms with Crippen molar-refractivity contribution in [3.63, 3.8) is 0 Å². The molecule has 0 aliphatic rings. The molecule has 0 saturated heterocycles. The van der Waals surface area contributed by atoms with Gasteiger partial charge in [-0.15, -0.1) is 0 Å². The SMILES string of the molecule is COCC(N)c1noc(-c2ccc(F)cc2I)n1. The van der Waals surface area contributed by atoms with Gasteiger partial charge in [-0.2, -0.15) is 4.98 Å². The zero-order chi connectivity index (χ0) is 13.1. The number of benzene rings is 1. The molecule has 0 aliphatic carbocycles. The number of ether oxygens (including phenoxy) is 1. The summed E-state index contributed by atoms with van der Waals surface area (Å²) in [6.45, 7) is 0.305. The Morgan fingerprint density at radius 2 is 2.33 bits per heavy atom. The van der Waals surface area contributed by atoms with E-state index in [4.69, 9.17) is 15.0 Å². The van der Waals surface area contributed by atoms with E-state index in [-0.39, 0.29) is 5.82 Å². The second-order valence-corrected chi connectivity index (χ2v) is 4.81. The van der Waals surface area contributed by atoms with E-state index < -0.39 is 6.04 Å². The molecule has 1 aromatic heterocycles. The summed E-state index contributed by atoms with van der Waals surface area (Å²) in [7, 11) is 1.55. The highest BCUT2D eigenvalue weighted by molar-refractivity contribution is 14.1. The standard InChI is InChI=1S/C11H11FIN3O2/c1-17-5-9(14)10-15-11(18-16-10)7-3-2-6(12)4-8(7)13/h2-4,9H,5,14H2,1H3. The summed E-state index contributed by atoms with van der Waals surface area (Å²) in [4.78, 5) is 4.18. The van der Waals surface area contributed by atoms with Crippen LogP contribution in [0.25, 0.3) is 11.5 Å². The number of hydrogen-bond acceptors (Lipinski definition) is 5. The number of nitrogens with two attached hydrogens (primary N) is 1. The third-order valence-electron chi connectivity index (χ3n) is 2.28. The first-order chi connectivity index (χ1) is 8.61. The van der Waals surface area contributed by atoms with Crippen LogP contribution in [0.2, 0.25) is 0 Å². The van der Waals surface area contributed by atoms with Crippen molar-refractivity contribution in [2.75, 3.05) is 13.7 Å². The van der Waals surface area contributed by atoms with Crippen molar-refractivity contribution in [3.05, 3.63) is 33.4 Å². The number of halogens is 2. The smallest absolute Gasteiger partial charge is 0.259 e. The lowest BCUT2D eigenvalue weighted by Gasteiger charge is -2.03. The topological polar surface area (TPSA) is 74.2 Å². The normalized spacial score (nSPS) is 12.7. The van der Waals surface area contributed by atoms with Gasteiger partial charge in [0, 0.05) is 10.7 Å². The summed E-state index contributed by atoms with van der Waals surface area (Å²) in [6.07, 6.45) is 0. The minimum atomic E-state index is -0.439. The van der Waals surface area contributed by atoms with Gasteiger partial charge in [0.2, 0.25) is 0 Å². The zero-order valence-corrected chi connectivity index (χ0v) is 11.7. The largest absolute Gasteiger partial charge is 0.383 e. The monoisotopic (exact) mass is 363 g/mol. The summed E-state index contributed by atoms with van der Waals surface area (Å²) in [5.74, 6) is 0.381. The van der Waals surface area contributed by atoms with Crippen molar-refractivity contribution in [1.29, 1.82) is 0 Å². The highest BCUT2D eigenvalue weighted by atomic mass is 127. The van der Waals surface area contributed by atoms with Gasteiger partial charge >= 0.3 is 0 Å². The van der Waals surface area contributed by atoms with Crippen LogP contribution >= 0.6 is 22.6 Å². The molecule has 0 bridgehead atoms. The lowest BCUT2D eigenvalue weighted by molar-refractivity contribution is 0.177. The Labute approximate surface area is 117 Å². The van der Waals surface area contributed by atoms with Crippen molar-refractivity contribution in [2.45, 2.75) is 6.04 Å². The Hall–Kier alpha value is -1.06. The second-order valence-electron chi connectivity index (χ2n) is 3.64. The Kier molecular flexibility index (Phi) is 4.25. The fourth-order valence-corrected chi connectivity index (χ4v) is 2.12. The van der Waals surface area contributed by atoms with Gasteiger partial charge < -0.3 is 15.0 Å². The third-order valence-corrected chi connectivity index (χ3v) is 3.17. The molecule has 1 atom stereocenters. The van der Waals surface area contributed by atoms with Gasteiger partial charge in [0.25, 0.3) is 5.89 Å². The number of nitrogens with zero attached hydrogens (tertiary/aromatic N) is 2. The van der Waals surface area contributed by atoms with Crippen LogP contribution in [0, 0.1) is 9.39 Å². The first-order valence-electron chi connectivity index (χ1n) is 5.15. The average Bonchev–Trinajstić information content (AvgIpc) is 2.78. The predicted octanol–water partition coefficient (Wildman–Crippen LogP) is 2.13. The fourth-order valence-electron chi connectivity index (χ4n) is 1.41. The maximum atomic E-state index is 13.0. The summed E-state index contributed by atoms with van der Waals surface area (Å²) >= 11 is 2.01. The molecule has 96 valence electrons. The van der Waals surface area contributed by atoms with E-state index >= 15 is 0 Å². The van der Waals surface area contributed by atoms with Gasteiger partial charge in [0.15, 0.2) is 5.82 Å². The molecule has 1 aromatic carbocycles. The van der Waals surface area contributed by atoms with Gasteiger partial charge in [-0.25, -0.2) is 4.39 Å². The van der Waals surface area contributed by atoms with Crippen molar-refractivity contribution < 1.29 is 13.7 Å². The van der Waals surface area contributed by atoms with Crippen molar-refractivity contribution in [2.24, 2.45) is 5.73 Å². The third kappa shape index (κ3) is 2.85. The van der Waals surface area contributed by atoms with Crippen LogP contribution in [0.15, 0.2) is 22.7 Å². The fraction of sp³-hybridized carbons (Fsp3) is 0.273. The minimum Gasteiger partial charge on any atom is -0.383 e. The Bertz CT molecular complexity index is 547. The molecular weight excluding hydrogens is 352 g/mol. The lowest BCUT2D eigenvalue weighted by atomic mass is 10.2. The summed E-state index contributed by atoms with van der Waals surface area (Å²) in [6, 6.07) is 3.90. The Morgan fingerprint density at radius 1 is 1.56 bits per heavy atom. The molecule has 2 aromatic rings. The molecule has 2 rings (SSSR count). The molecule has 0 amide bonds. The Balaban J connectivity index is 2.29. The molecular formula is C11H11FIN3O2. The first-order valence-corrected chi connectivity index (χ1v) is 6.23. The van der Waals surface area contributed by atoms with Crippen molar-refractivity contribution in [3.8, 4) is 11.5 Å². The van der Waals surface area contributed by atoms with Crippen LogP contribution in [0.1, 0.15) is 11.9 Å². The van der Waals surface area contributed by atoms with Gasteiger partial charge in [0.05, 0.1) is 18.2 Å². The predicted molar refractivity (Wildman–Crippen MR) is 71.2 cm³/mol. The van der Waals surface area contributed by atoms with Crippen LogP contribution in [-0.4, -0.2) is 23.9 Å². The number of hydrogen-bond donors (Lipinski definition) is 1. The van der Waals surface area contributed by atoms with E-state index in [0.717, 1.165) is 0 Å². The van der Waals surface area contributed by atoms with E-state index in [0.29, 0.717) is 27.5 Å². The maximum absolute atomic E-state index is 13.0. The van der Waals surface area contributed by atoms with Crippen LogP contribution in [0.5, 0.6) is 0 Å². The van der Waals surface area contributed by atoms with E-state index in [1.165, 1.54) is 12.1 Å². The molecule has 1 heterocycles. The molecule has 1 unspecified atom stereocenters. The molecule has 7 heteroatoms. The molecule has 0 radical (unpaired) electrons. The molecule has 0 spiro atoms. The van der Waals surface area contributed by atoms with Gasteiger partial charge in [-0.05, 0) is 40.8 Å². The summed E-state index contributed by atoms with van der Waals surface area (Å²) in [5, 5.41) is 3.79. The van der Waals surface area contributed by atoms with Gasteiger partial charge in [0.1, 0.15) is 5.82 Å². The highest BCUT2D eigenvalue weighted by Gasteiger charge is 2.16. The first kappa shape index (κ1) is 13.4. The average molecular weight is 363 g/mol. The van der Waals surface area contributed by atoms with E-state index in [1.54, 1.807) is 13.2 Å². The van der Waals surface area contributed by atoms with E-state index in [1.807, 2.05) is 22.6 Å². The summed E-state index contributed by atoms with van der Waals surface area (Å²) in [5.41, 5.74) is 6.47. The van der Waals surface area contributed by atoms with Gasteiger partial charge in [-0.1, -0.05) is 5.16 Å². The maximum Gasteiger partial charge on any atom is 0.259 e.